The van der Waals surface area contributed by atoms with Crippen molar-refractivity contribution in [1.29, 1.82) is 0 Å². The van der Waals surface area contributed by atoms with Crippen molar-refractivity contribution in [3.8, 4) is 0 Å². The molecule has 6 atom stereocenters. The number of carbonyl (C=O) groups is 6. The van der Waals surface area contributed by atoms with Crippen LogP contribution in [-0.2, 0) is 41.6 Å². The van der Waals surface area contributed by atoms with Crippen LogP contribution in [-0.4, -0.2) is 78.2 Å². The maximum atomic E-state index is 13.9. The molecular formula is C35H52N8O6. The van der Waals surface area contributed by atoms with Crippen molar-refractivity contribution in [2.24, 2.45) is 23.1 Å². The summed E-state index contributed by atoms with van der Waals surface area (Å²) in [6, 6.07) is 11.8. The van der Waals surface area contributed by atoms with Crippen molar-refractivity contribution in [3.63, 3.8) is 0 Å². The number of amides is 6. The molecule has 0 aliphatic rings. The first-order valence-corrected chi connectivity index (χ1v) is 16.6. The minimum absolute atomic E-state index is 0.0725. The number of benzene rings is 2. The first-order valence-electron chi connectivity index (χ1n) is 16.6. The molecule has 0 aromatic heterocycles. The van der Waals surface area contributed by atoms with Gasteiger partial charge in [-0.2, -0.15) is 0 Å². The summed E-state index contributed by atoms with van der Waals surface area (Å²) < 4.78 is 0. The smallest absolute Gasteiger partial charge is 0.243 e. The SMILES string of the molecule is CC(C)[C@@H](NC(=O)[C@@H](C)NC(=O)[C@H](N)CCCCN)C(=O)N[C@H](Cc1ccccc1)C(=O)N[C@H](Cc1ccccc1)C(=O)N[C@H](C)C(N)=O. The quantitative estimate of drug-likeness (QED) is 0.0849. The third kappa shape index (κ3) is 14.1. The first kappa shape index (κ1) is 40.4. The summed E-state index contributed by atoms with van der Waals surface area (Å²) in [5.41, 5.74) is 18.3. The molecule has 0 radical (unpaired) electrons. The molecule has 2 aromatic rings. The lowest BCUT2D eigenvalue weighted by molar-refractivity contribution is -0.135. The van der Waals surface area contributed by atoms with E-state index in [1.165, 1.54) is 13.8 Å². The molecule has 11 N–H and O–H groups in total. The second-order valence-electron chi connectivity index (χ2n) is 12.5. The van der Waals surface area contributed by atoms with Crippen molar-refractivity contribution in [1.82, 2.24) is 26.6 Å². The molecule has 0 fully saturated rings. The second-order valence-corrected chi connectivity index (χ2v) is 12.5. The van der Waals surface area contributed by atoms with Gasteiger partial charge >= 0.3 is 0 Å². The predicted octanol–water partition coefficient (Wildman–Crippen LogP) is -0.467. The molecule has 0 aliphatic carbocycles. The highest BCUT2D eigenvalue weighted by Crippen LogP contribution is 2.10. The van der Waals surface area contributed by atoms with Gasteiger partial charge in [0.15, 0.2) is 0 Å². The van der Waals surface area contributed by atoms with Gasteiger partial charge in [-0.1, -0.05) is 80.9 Å². The van der Waals surface area contributed by atoms with Gasteiger partial charge in [0.05, 0.1) is 6.04 Å². The molecule has 0 spiro atoms. The standard InChI is InChI=1S/C35H52N8O6/c1-21(2)29(43-31(45)23(4)40-32(46)26(37)17-11-12-18-36)35(49)42-28(20-25-15-9-6-10-16-25)34(48)41-27(19-24-13-7-5-8-14-24)33(47)39-22(3)30(38)44/h5-10,13-16,21-23,26-29H,11-12,17-20,36-37H2,1-4H3,(H2,38,44)(H,39,47)(H,40,46)(H,41,48)(H,42,49)(H,43,45)/t22-,23-,26-,27-,28-,29-/m1/s1. The van der Waals surface area contributed by atoms with E-state index in [2.05, 4.69) is 26.6 Å². The van der Waals surface area contributed by atoms with E-state index in [9.17, 15) is 28.8 Å². The average Bonchev–Trinajstić information content (AvgIpc) is 3.06. The molecular weight excluding hydrogens is 628 g/mol. The molecule has 0 bridgehead atoms. The monoisotopic (exact) mass is 680 g/mol. The highest BCUT2D eigenvalue weighted by molar-refractivity contribution is 5.96. The van der Waals surface area contributed by atoms with Crippen molar-refractivity contribution in [2.75, 3.05) is 6.54 Å². The third-order valence-corrected chi connectivity index (χ3v) is 7.92. The molecule has 2 aromatic carbocycles. The van der Waals surface area contributed by atoms with Crippen LogP contribution < -0.4 is 43.8 Å². The predicted molar refractivity (Wildman–Crippen MR) is 186 cm³/mol. The van der Waals surface area contributed by atoms with E-state index in [1.54, 1.807) is 62.4 Å². The highest BCUT2D eigenvalue weighted by Gasteiger charge is 2.33. The highest BCUT2D eigenvalue weighted by atomic mass is 16.2. The van der Waals surface area contributed by atoms with Gasteiger partial charge in [0.1, 0.15) is 30.2 Å². The molecule has 0 saturated carbocycles. The summed E-state index contributed by atoms with van der Waals surface area (Å²) in [5, 5.41) is 13.3. The molecule has 0 heterocycles. The molecule has 0 unspecified atom stereocenters. The Labute approximate surface area is 288 Å². The topological polar surface area (TPSA) is 241 Å². The van der Waals surface area contributed by atoms with Crippen LogP contribution in [0.3, 0.4) is 0 Å². The van der Waals surface area contributed by atoms with E-state index >= 15 is 0 Å². The van der Waals surface area contributed by atoms with Gasteiger partial charge < -0.3 is 43.8 Å². The number of nitrogens with one attached hydrogen (secondary N) is 5. The molecule has 0 aliphatic heterocycles. The van der Waals surface area contributed by atoms with Gasteiger partial charge in [-0.3, -0.25) is 28.8 Å². The maximum absolute atomic E-state index is 13.9. The minimum Gasteiger partial charge on any atom is -0.368 e. The lowest BCUT2D eigenvalue weighted by Gasteiger charge is -2.28. The minimum atomic E-state index is -1.16. The maximum Gasteiger partial charge on any atom is 0.243 e. The van der Waals surface area contributed by atoms with Crippen LogP contribution in [0.5, 0.6) is 0 Å². The van der Waals surface area contributed by atoms with Crippen LogP contribution in [0.1, 0.15) is 58.1 Å². The van der Waals surface area contributed by atoms with Gasteiger partial charge in [-0.25, -0.2) is 0 Å². The Morgan fingerprint density at radius 3 is 1.53 bits per heavy atom. The van der Waals surface area contributed by atoms with E-state index in [0.29, 0.717) is 19.4 Å². The molecule has 49 heavy (non-hydrogen) atoms. The summed E-state index contributed by atoms with van der Waals surface area (Å²) >= 11 is 0. The lowest BCUT2D eigenvalue weighted by atomic mass is 9.99. The fourth-order valence-electron chi connectivity index (χ4n) is 4.88. The number of nitrogens with two attached hydrogens (primary N) is 3. The van der Waals surface area contributed by atoms with Crippen LogP contribution in [0.2, 0.25) is 0 Å². The number of hydrogen-bond donors (Lipinski definition) is 8. The van der Waals surface area contributed by atoms with Crippen molar-refractivity contribution >= 4 is 35.4 Å². The molecule has 268 valence electrons. The number of carbonyl (C=O) groups excluding carboxylic acids is 6. The Morgan fingerprint density at radius 1 is 0.592 bits per heavy atom. The zero-order valence-electron chi connectivity index (χ0n) is 28.7. The number of hydrogen-bond acceptors (Lipinski definition) is 8. The Hall–Kier alpha value is -4.82. The molecule has 14 nitrogen and oxygen atoms in total. The van der Waals surface area contributed by atoms with Crippen LogP contribution in [0.25, 0.3) is 0 Å². The Kier molecular flexibility index (Phi) is 16.9. The largest absolute Gasteiger partial charge is 0.368 e. The fraction of sp³-hybridized carbons (Fsp3) is 0.486. The van der Waals surface area contributed by atoms with Gasteiger partial charge in [0.25, 0.3) is 0 Å². The normalized spacial score (nSPS) is 14.7. The van der Waals surface area contributed by atoms with Crippen LogP contribution in [0.4, 0.5) is 0 Å². The van der Waals surface area contributed by atoms with E-state index in [4.69, 9.17) is 17.2 Å². The van der Waals surface area contributed by atoms with Gasteiger partial charge in [-0.05, 0) is 50.3 Å². The van der Waals surface area contributed by atoms with Crippen molar-refractivity contribution in [3.05, 3.63) is 71.8 Å². The van der Waals surface area contributed by atoms with E-state index in [-0.39, 0.29) is 12.8 Å². The first-order chi connectivity index (χ1) is 23.2. The van der Waals surface area contributed by atoms with Gasteiger partial charge in [0, 0.05) is 12.8 Å². The molecule has 0 saturated heterocycles. The number of rotatable bonds is 20. The number of primary amides is 1. The average molecular weight is 681 g/mol. The van der Waals surface area contributed by atoms with Crippen molar-refractivity contribution in [2.45, 2.75) is 96.1 Å². The van der Waals surface area contributed by atoms with Gasteiger partial charge in [0.2, 0.25) is 35.4 Å². The van der Waals surface area contributed by atoms with E-state index < -0.39 is 77.6 Å². The van der Waals surface area contributed by atoms with E-state index in [1.807, 2.05) is 12.1 Å². The lowest BCUT2D eigenvalue weighted by Crippen LogP contribution is -2.60. The van der Waals surface area contributed by atoms with Crippen LogP contribution >= 0.6 is 0 Å². The number of unbranched alkanes of at least 4 members (excludes halogenated alkanes) is 1. The zero-order valence-corrected chi connectivity index (χ0v) is 28.7. The molecule has 2 rings (SSSR count). The van der Waals surface area contributed by atoms with E-state index in [0.717, 1.165) is 17.5 Å². The Morgan fingerprint density at radius 2 is 1.06 bits per heavy atom. The summed E-state index contributed by atoms with van der Waals surface area (Å²) in [6.07, 6.45) is 1.98. The van der Waals surface area contributed by atoms with Crippen LogP contribution in [0.15, 0.2) is 60.7 Å². The summed E-state index contributed by atoms with van der Waals surface area (Å²) in [5.74, 6) is -4.17. The van der Waals surface area contributed by atoms with Crippen LogP contribution in [0, 0.1) is 5.92 Å². The molecule has 14 heteroatoms. The summed E-state index contributed by atoms with van der Waals surface area (Å²) in [4.78, 5) is 78.1. The second kappa shape index (κ2) is 20.5. The Bertz CT molecular complexity index is 1390. The Balaban J connectivity index is 2.25. The summed E-state index contributed by atoms with van der Waals surface area (Å²) in [6.45, 7) is 6.86. The fourth-order valence-corrected chi connectivity index (χ4v) is 4.88. The van der Waals surface area contributed by atoms with Crippen molar-refractivity contribution < 1.29 is 28.8 Å². The van der Waals surface area contributed by atoms with Gasteiger partial charge in [-0.15, -0.1) is 0 Å². The zero-order chi connectivity index (χ0) is 36.5. The third-order valence-electron chi connectivity index (χ3n) is 7.92. The summed E-state index contributed by atoms with van der Waals surface area (Å²) in [7, 11) is 0. The molecule has 6 amide bonds.